The van der Waals surface area contributed by atoms with E-state index in [-0.39, 0.29) is 22.3 Å². The number of Topliss-reactive ketones (excluding diaryl/α,β-unsaturated/α-hetero) is 1. The molecule has 8 heteroatoms. The van der Waals surface area contributed by atoms with Gasteiger partial charge in [0.1, 0.15) is 0 Å². The Morgan fingerprint density at radius 2 is 1.66 bits per heavy atom. The summed E-state index contributed by atoms with van der Waals surface area (Å²) in [5.41, 5.74) is 0.568. The molecule has 1 aliphatic rings. The molecule has 1 aliphatic heterocycles. The van der Waals surface area contributed by atoms with Crippen molar-refractivity contribution in [3.8, 4) is 0 Å². The van der Waals surface area contributed by atoms with Crippen LogP contribution in [0.15, 0.2) is 53.4 Å². The van der Waals surface area contributed by atoms with E-state index in [9.17, 15) is 18.0 Å². The number of ketones is 1. The van der Waals surface area contributed by atoms with Crippen LogP contribution in [0.1, 0.15) is 46.9 Å². The topological polar surface area (TPSA) is 80.8 Å². The third-order valence-electron chi connectivity index (χ3n) is 4.94. The summed E-state index contributed by atoms with van der Waals surface area (Å²) in [6.45, 7) is 1.99. The standard InChI is InChI=1S/C21H22ClNO5S/c1-15-4-2-3-13-23(15)29(26,27)19-11-7-17(8-12-19)21(25)28-14-20(24)16-5-9-18(22)10-6-16/h5-12,15H,2-4,13-14H2,1H3/t15-/m1/s1. The van der Waals surface area contributed by atoms with Crippen LogP contribution in [0.25, 0.3) is 0 Å². The Morgan fingerprint density at radius 1 is 1.03 bits per heavy atom. The van der Waals surface area contributed by atoms with E-state index in [1.807, 2.05) is 6.92 Å². The van der Waals surface area contributed by atoms with Gasteiger partial charge in [-0.15, -0.1) is 0 Å². The SMILES string of the molecule is C[C@@H]1CCCCN1S(=O)(=O)c1ccc(C(=O)OCC(=O)c2ccc(Cl)cc2)cc1. The molecule has 1 atom stereocenters. The Bertz CT molecular complexity index is 987. The van der Waals surface area contributed by atoms with Gasteiger partial charge in [-0.2, -0.15) is 4.31 Å². The highest BCUT2D eigenvalue weighted by Crippen LogP contribution is 2.25. The molecule has 1 heterocycles. The smallest absolute Gasteiger partial charge is 0.338 e. The monoisotopic (exact) mass is 435 g/mol. The second-order valence-electron chi connectivity index (χ2n) is 6.99. The average Bonchev–Trinajstić information content (AvgIpc) is 2.72. The third-order valence-corrected chi connectivity index (χ3v) is 7.22. The molecule has 0 saturated carbocycles. The van der Waals surface area contributed by atoms with Crippen molar-refractivity contribution in [2.75, 3.05) is 13.2 Å². The molecule has 29 heavy (non-hydrogen) atoms. The summed E-state index contributed by atoms with van der Waals surface area (Å²) in [4.78, 5) is 24.4. The summed E-state index contributed by atoms with van der Waals surface area (Å²) in [6.07, 6.45) is 2.70. The molecule has 2 aromatic rings. The zero-order chi connectivity index (χ0) is 21.0. The number of rotatable bonds is 6. The van der Waals surface area contributed by atoms with E-state index in [0.717, 1.165) is 19.3 Å². The first-order valence-electron chi connectivity index (χ1n) is 9.37. The fourth-order valence-electron chi connectivity index (χ4n) is 3.26. The van der Waals surface area contributed by atoms with Crippen LogP contribution in [0.5, 0.6) is 0 Å². The second-order valence-corrected chi connectivity index (χ2v) is 9.32. The van der Waals surface area contributed by atoms with Crippen LogP contribution < -0.4 is 0 Å². The fraction of sp³-hybridized carbons (Fsp3) is 0.333. The lowest BCUT2D eigenvalue weighted by molar-refractivity contribution is 0.0474. The summed E-state index contributed by atoms with van der Waals surface area (Å²) in [5.74, 6) is -1.05. The van der Waals surface area contributed by atoms with Crippen LogP contribution in [0, 0.1) is 0 Å². The van der Waals surface area contributed by atoms with Gasteiger partial charge in [-0.3, -0.25) is 4.79 Å². The number of hydrogen-bond acceptors (Lipinski definition) is 5. The quantitative estimate of drug-likeness (QED) is 0.507. The molecule has 0 unspecified atom stereocenters. The number of carbonyl (C=O) groups excluding carboxylic acids is 2. The minimum absolute atomic E-state index is 0.0442. The van der Waals surface area contributed by atoms with Gasteiger partial charge in [-0.25, -0.2) is 13.2 Å². The Hall–Kier alpha value is -2.22. The molecule has 0 radical (unpaired) electrons. The van der Waals surface area contributed by atoms with Gasteiger partial charge in [0.25, 0.3) is 0 Å². The minimum atomic E-state index is -3.60. The van der Waals surface area contributed by atoms with Gasteiger partial charge in [0.2, 0.25) is 10.0 Å². The van der Waals surface area contributed by atoms with E-state index in [0.29, 0.717) is 17.1 Å². The minimum Gasteiger partial charge on any atom is -0.454 e. The largest absolute Gasteiger partial charge is 0.454 e. The number of carbonyl (C=O) groups is 2. The van der Waals surface area contributed by atoms with E-state index in [2.05, 4.69) is 0 Å². The summed E-state index contributed by atoms with van der Waals surface area (Å²) in [6, 6.07) is 11.8. The number of hydrogen-bond donors (Lipinski definition) is 0. The first kappa shape index (κ1) is 21.5. The van der Waals surface area contributed by atoms with Crippen molar-refractivity contribution >= 4 is 33.4 Å². The Kier molecular flexibility index (Phi) is 6.72. The van der Waals surface area contributed by atoms with Crippen LogP contribution in [-0.4, -0.2) is 43.7 Å². The highest BCUT2D eigenvalue weighted by Gasteiger charge is 2.31. The van der Waals surface area contributed by atoms with Gasteiger partial charge < -0.3 is 4.74 Å². The molecule has 2 aromatic carbocycles. The molecule has 0 aromatic heterocycles. The lowest BCUT2D eigenvalue weighted by Crippen LogP contribution is -2.41. The lowest BCUT2D eigenvalue weighted by Gasteiger charge is -2.32. The number of halogens is 1. The molecule has 154 valence electrons. The first-order chi connectivity index (χ1) is 13.8. The van der Waals surface area contributed by atoms with Gasteiger partial charge in [0.05, 0.1) is 10.5 Å². The molecular formula is C21H22ClNO5S. The average molecular weight is 436 g/mol. The highest BCUT2D eigenvalue weighted by molar-refractivity contribution is 7.89. The highest BCUT2D eigenvalue weighted by atomic mass is 35.5. The normalized spacial score (nSPS) is 17.7. The van der Waals surface area contributed by atoms with E-state index in [4.69, 9.17) is 16.3 Å². The lowest BCUT2D eigenvalue weighted by atomic mass is 10.1. The molecule has 0 bridgehead atoms. The Balaban J connectivity index is 1.64. The number of piperidine rings is 1. The summed E-state index contributed by atoms with van der Waals surface area (Å²) >= 11 is 5.78. The summed E-state index contributed by atoms with van der Waals surface area (Å²) in [7, 11) is -3.60. The van der Waals surface area contributed by atoms with Gasteiger partial charge in [0, 0.05) is 23.2 Å². The maximum Gasteiger partial charge on any atom is 0.338 e. The van der Waals surface area contributed by atoms with Crippen molar-refractivity contribution in [3.63, 3.8) is 0 Å². The van der Waals surface area contributed by atoms with Crippen molar-refractivity contribution in [3.05, 3.63) is 64.7 Å². The van der Waals surface area contributed by atoms with Crippen LogP contribution in [0.2, 0.25) is 5.02 Å². The Labute approximate surface area is 175 Å². The number of ether oxygens (including phenoxy) is 1. The number of esters is 1. The van der Waals surface area contributed by atoms with Crippen molar-refractivity contribution in [1.29, 1.82) is 0 Å². The summed E-state index contributed by atoms with van der Waals surface area (Å²) in [5, 5.41) is 0.507. The molecule has 1 saturated heterocycles. The molecule has 3 rings (SSSR count). The van der Waals surface area contributed by atoms with Crippen molar-refractivity contribution in [1.82, 2.24) is 4.31 Å². The predicted octanol–water partition coefficient (Wildman–Crippen LogP) is 3.94. The van der Waals surface area contributed by atoms with E-state index >= 15 is 0 Å². The fourth-order valence-corrected chi connectivity index (χ4v) is 5.09. The number of benzene rings is 2. The van der Waals surface area contributed by atoms with Crippen LogP contribution in [0.3, 0.4) is 0 Å². The third kappa shape index (κ3) is 5.04. The van der Waals surface area contributed by atoms with Crippen molar-refractivity contribution in [2.45, 2.75) is 37.1 Å². The molecule has 6 nitrogen and oxygen atoms in total. The molecule has 1 fully saturated rings. The zero-order valence-corrected chi connectivity index (χ0v) is 17.6. The number of nitrogens with zero attached hydrogens (tertiary/aromatic N) is 1. The van der Waals surface area contributed by atoms with E-state index in [1.165, 1.54) is 28.6 Å². The predicted molar refractivity (Wildman–Crippen MR) is 110 cm³/mol. The van der Waals surface area contributed by atoms with Crippen LogP contribution in [0.4, 0.5) is 0 Å². The van der Waals surface area contributed by atoms with Gasteiger partial charge in [-0.05, 0) is 68.3 Å². The van der Waals surface area contributed by atoms with Crippen LogP contribution >= 0.6 is 11.6 Å². The van der Waals surface area contributed by atoms with E-state index < -0.39 is 22.6 Å². The molecule has 0 aliphatic carbocycles. The maximum atomic E-state index is 12.8. The zero-order valence-electron chi connectivity index (χ0n) is 16.0. The molecule has 0 N–H and O–H groups in total. The van der Waals surface area contributed by atoms with Gasteiger partial charge in [0.15, 0.2) is 12.4 Å². The summed E-state index contributed by atoms with van der Waals surface area (Å²) < 4.78 is 32.2. The van der Waals surface area contributed by atoms with Crippen molar-refractivity contribution in [2.24, 2.45) is 0 Å². The second kappa shape index (κ2) is 9.07. The molecule has 0 amide bonds. The van der Waals surface area contributed by atoms with Gasteiger partial charge in [-0.1, -0.05) is 18.0 Å². The molecular weight excluding hydrogens is 414 g/mol. The number of sulfonamides is 1. The van der Waals surface area contributed by atoms with E-state index in [1.54, 1.807) is 24.3 Å². The molecule has 0 spiro atoms. The maximum absolute atomic E-state index is 12.8. The first-order valence-corrected chi connectivity index (χ1v) is 11.2. The van der Waals surface area contributed by atoms with Crippen LogP contribution in [-0.2, 0) is 14.8 Å². The van der Waals surface area contributed by atoms with Crippen molar-refractivity contribution < 1.29 is 22.7 Å². The van der Waals surface area contributed by atoms with Gasteiger partial charge >= 0.3 is 5.97 Å². The Morgan fingerprint density at radius 3 is 2.28 bits per heavy atom.